The lowest BCUT2D eigenvalue weighted by atomic mass is 10.1. The summed E-state index contributed by atoms with van der Waals surface area (Å²) in [7, 11) is 2.89. The number of nitrogens with zero attached hydrogens (tertiary/aromatic N) is 1. The van der Waals surface area contributed by atoms with Gasteiger partial charge in [-0.2, -0.15) is 0 Å². The highest BCUT2D eigenvalue weighted by Gasteiger charge is 2.18. The van der Waals surface area contributed by atoms with Crippen LogP contribution in [0.5, 0.6) is 0 Å². The van der Waals surface area contributed by atoms with E-state index in [1.165, 1.54) is 32.3 Å². The van der Waals surface area contributed by atoms with E-state index < -0.39 is 11.7 Å². The standard InChI is InChI=1S/C14H16FN3O2/c1-17-13(19)9-18(2)14(20)11-6-5-10(4-3-7-16)8-12(11)15/h5-6,8H,7,9,16H2,1-2H3,(H,17,19). The van der Waals surface area contributed by atoms with Crippen LogP contribution in [0.1, 0.15) is 15.9 Å². The first-order valence-corrected chi connectivity index (χ1v) is 5.94. The Balaban J connectivity index is 2.91. The van der Waals surface area contributed by atoms with Crippen molar-refractivity contribution in [2.75, 3.05) is 27.2 Å². The Bertz CT molecular complexity index is 576. The van der Waals surface area contributed by atoms with E-state index in [4.69, 9.17) is 5.73 Å². The van der Waals surface area contributed by atoms with Crippen molar-refractivity contribution in [1.29, 1.82) is 0 Å². The number of hydrogen-bond acceptors (Lipinski definition) is 3. The Labute approximate surface area is 116 Å². The van der Waals surface area contributed by atoms with Gasteiger partial charge in [0.15, 0.2) is 0 Å². The van der Waals surface area contributed by atoms with E-state index in [2.05, 4.69) is 17.2 Å². The zero-order valence-corrected chi connectivity index (χ0v) is 11.4. The molecule has 0 aliphatic heterocycles. The van der Waals surface area contributed by atoms with Crippen molar-refractivity contribution < 1.29 is 14.0 Å². The maximum absolute atomic E-state index is 13.9. The average molecular weight is 277 g/mol. The smallest absolute Gasteiger partial charge is 0.257 e. The number of carbonyl (C=O) groups excluding carboxylic acids is 2. The summed E-state index contributed by atoms with van der Waals surface area (Å²) in [4.78, 5) is 24.3. The third-order valence-electron chi connectivity index (χ3n) is 2.54. The number of rotatable bonds is 3. The molecule has 0 bridgehead atoms. The number of benzene rings is 1. The average Bonchev–Trinajstić information content (AvgIpc) is 2.44. The molecule has 0 unspecified atom stereocenters. The van der Waals surface area contributed by atoms with Crippen LogP contribution in [0.3, 0.4) is 0 Å². The van der Waals surface area contributed by atoms with Gasteiger partial charge >= 0.3 is 0 Å². The molecule has 0 spiro atoms. The molecule has 0 saturated heterocycles. The predicted octanol–water partition coefficient (Wildman–Crippen LogP) is -0.0461. The summed E-state index contributed by atoms with van der Waals surface area (Å²) in [5.41, 5.74) is 5.57. The topological polar surface area (TPSA) is 75.4 Å². The number of nitrogens with two attached hydrogens (primary N) is 1. The van der Waals surface area contributed by atoms with Crippen LogP contribution in [-0.4, -0.2) is 43.9 Å². The molecule has 0 atom stereocenters. The summed E-state index contributed by atoms with van der Waals surface area (Å²) in [6.07, 6.45) is 0. The highest BCUT2D eigenvalue weighted by molar-refractivity contribution is 5.96. The van der Waals surface area contributed by atoms with E-state index in [-0.39, 0.29) is 24.6 Å². The molecule has 1 rings (SSSR count). The summed E-state index contributed by atoms with van der Waals surface area (Å²) >= 11 is 0. The maximum Gasteiger partial charge on any atom is 0.257 e. The number of likely N-dealkylation sites (N-methyl/N-ethyl adjacent to an activating group) is 2. The van der Waals surface area contributed by atoms with E-state index in [0.717, 1.165) is 4.90 Å². The minimum absolute atomic E-state index is 0.102. The SMILES string of the molecule is CNC(=O)CN(C)C(=O)c1ccc(C#CCN)cc1F. The molecular formula is C14H16FN3O2. The molecule has 5 nitrogen and oxygen atoms in total. The highest BCUT2D eigenvalue weighted by Crippen LogP contribution is 2.12. The Morgan fingerprint density at radius 3 is 2.70 bits per heavy atom. The van der Waals surface area contributed by atoms with Gasteiger partial charge in [-0.05, 0) is 18.2 Å². The van der Waals surface area contributed by atoms with Crippen molar-refractivity contribution in [2.45, 2.75) is 0 Å². The molecule has 3 N–H and O–H groups in total. The van der Waals surface area contributed by atoms with Crippen LogP contribution in [0.15, 0.2) is 18.2 Å². The fourth-order valence-corrected chi connectivity index (χ4v) is 1.49. The minimum atomic E-state index is -0.678. The normalized spacial score (nSPS) is 9.40. The zero-order valence-electron chi connectivity index (χ0n) is 11.4. The van der Waals surface area contributed by atoms with Gasteiger partial charge in [-0.25, -0.2) is 4.39 Å². The Morgan fingerprint density at radius 2 is 2.15 bits per heavy atom. The van der Waals surface area contributed by atoms with Crippen molar-refractivity contribution in [1.82, 2.24) is 10.2 Å². The first-order chi connectivity index (χ1) is 9.49. The van der Waals surface area contributed by atoms with Crippen molar-refractivity contribution in [3.05, 3.63) is 35.1 Å². The van der Waals surface area contributed by atoms with E-state index in [9.17, 15) is 14.0 Å². The fraction of sp³-hybridized carbons (Fsp3) is 0.286. The lowest BCUT2D eigenvalue weighted by Gasteiger charge is -2.16. The summed E-state index contributed by atoms with van der Waals surface area (Å²) in [6.45, 7) is 0.0423. The van der Waals surface area contributed by atoms with E-state index in [1.807, 2.05) is 0 Å². The van der Waals surface area contributed by atoms with Crippen LogP contribution in [0.4, 0.5) is 4.39 Å². The molecule has 0 aromatic heterocycles. The highest BCUT2D eigenvalue weighted by atomic mass is 19.1. The molecule has 0 saturated carbocycles. The molecule has 6 heteroatoms. The molecule has 0 fully saturated rings. The van der Waals surface area contributed by atoms with Gasteiger partial charge in [0.05, 0.1) is 18.7 Å². The van der Waals surface area contributed by atoms with Crippen molar-refractivity contribution in [3.8, 4) is 11.8 Å². The molecule has 0 aliphatic carbocycles. The number of carbonyl (C=O) groups is 2. The number of amides is 2. The van der Waals surface area contributed by atoms with Crippen molar-refractivity contribution in [3.63, 3.8) is 0 Å². The first-order valence-electron chi connectivity index (χ1n) is 5.94. The van der Waals surface area contributed by atoms with Crippen molar-refractivity contribution in [2.24, 2.45) is 5.73 Å². The van der Waals surface area contributed by atoms with Gasteiger partial charge in [0.1, 0.15) is 5.82 Å². The molecule has 0 aliphatic rings. The zero-order chi connectivity index (χ0) is 15.1. The lowest BCUT2D eigenvalue weighted by molar-refractivity contribution is -0.121. The minimum Gasteiger partial charge on any atom is -0.358 e. The monoisotopic (exact) mass is 277 g/mol. The molecule has 1 aromatic rings. The number of nitrogens with one attached hydrogen (secondary N) is 1. The van der Waals surface area contributed by atoms with Gasteiger partial charge in [-0.1, -0.05) is 11.8 Å². The fourth-order valence-electron chi connectivity index (χ4n) is 1.49. The predicted molar refractivity (Wildman–Crippen MR) is 73.4 cm³/mol. The lowest BCUT2D eigenvalue weighted by Crippen LogP contribution is -2.37. The Kier molecular flexibility index (Phi) is 5.69. The second-order valence-corrected chi connectivity index (χ2v) is 4.03. The molecule has 2 amide bonds. The van der Waals surface area contributed by atoms with Gasteiger partial charge in [-0.3, -0.25) is 9.59 Å². The van der Waals surface area contributed by atoms with Gasteiger partial charge in [0.2, 0.25) is 5.91 Å². The first kappa shape index (κ1) is 15.7. The van der Waals surface area contributed by atoms with Gasteiger partial charge < -0.3 is 16.0 Å². The van der Waals surface area contributed by atoms with Crippen molar-refractivity contribution >= 4 is 11.8 Å². The molecule has 106 valence electrons. The summed E-state index contributed by atoms with van der Waals surface area (Å²) in [5.74, 6) is 3.71. The second kappa shape index (κ2) is 7.26. The van der Waals surface area contributed by atoms with Crippen LogP contribution in [0.25, 0.3) is 0 Å². The van der Waals surface area contributed by atoms with E-state index in [0.29, 0.717) is 5.56 Å². The summed E-state index contributed by atoms with van der Waals surface area (Å²) < 4.78 is 13.9. The number of hydrogen-bond donors (Lipinski definition) is 2. The Morgan fingerprint density at radius 1 is 1.45 bits per heavy atom. The van der Waals surface area contributed by atoms with E-state index >= 15 is 0 Å². The van der Waals surface area contributed by atoms with Crippen LogP contribution in [-0.2, 0) is 4.79 Å². The summed E-state index contributed by atoms with van der Waals surface area (Å²) in [6, 6.07) is 4.05. The second-order valence-electron chi connectivity index (χ2n) is 4.03. The van der Waals surface area contributed by atoms with Gasteiger partial charge in [0, 0.05) is 19.7 Å². The van der Waals surface area contributed by atoms with E-state index in [1.54, 1.807) is 0 Å². The molecule has 0 heterocycles. The van der Waals surface area contributed by atoms with Crippen LogP contribution in [0, 0.1) is 17.7 Å². The molecule has 0 radical (unpaired) electrons. The van der Waals surface area contributed by atoms with Crippen LogP contribution in [0.2, 0.25) is 0 Å². The number of halogens is 1. The third-order valence-corrected chi connectivity index (χ3v) is 2.54. The van der Waals surface area contributed by atoms with Crippen LogP contribution >= 0.6 is 0 Å². The van der Waals surface area contributed by atoms with Gasteiger partial charge in [-0.15, -0.1) is 0 Å². The van der Waals surface area contributed by atoms with Crippen LogP contribution < -0.4 is 11.1 Å². The molecular weight excluding hydrogens is 261 g/mol. The molecule has 1 aromatic carbocycles. The quantitative estimate of drug-likeness (QED) is 0.761. The third kappa shape index (κ3) is 4.07. The largest absolute Gasteiger partial charge is 0.358 e. The summed E-state index contributed by atoms with van der Waals surface area (Å²) in [5, 5.41) is 2.39. The maximum atomic E-state index is 13.9. The Hall–Kier alpha value is -2.39. The van der Waals surface area contributed by atoms with Gasteiger partial charge in [0.25, 0.3) is 5.91 Å². The molecule has 20 heavy (non-hydrogen) atoms.